The second kappa shape index (κ2) is 6.75. The zero-order chi connectivity index (χ0) is 14.5. The molecule has 4 heteroatoms. The summed E-state index contributed by atoms with van der Waals surface area (Å²) in [5, 5.41) is 6.31. The monoisotopic (exact) mass is 275 g/mol. The third-order valence-corrected chi connectivity index (χ3v) is 3.90. The minimum Gasteiger partial charge on any atom is -0.378 e. The van der Waals surface area contributed by atoms with Gasteiger partial charge < -0.3 is 15.5 Å². The number of amides is 1. The van der Waals surface area contributed by atoms with Gasteiger partial charge in [0.1, 0.15) is 0 Å². The van der Waals surface area contributed by atoms with E-state index >= 15 is 0 Å². The second-order valence-electron chi connectivity index (χ2n) is 5.91. The number of nitrogens with one attached hydrogen (secondary N) is 2. The lowest BCUT2D eigenvalue weighted by Crippen LogP contribution is -2.48. The van der Waals surface area contributed by atoms with Crippen LogP contribution in [-0.4, -0.2) is 32.6 Å². The van der Waals surface area contributed by atoms with Crippen molar-refractivity contribution in [2.75, 3.05) is 25.5 Å². The fraction of sp³-hybridized carbons (Fsp3) is 0.562. The van der Waals surface area contributed by atoms with Crippen LogP contribution in [0.2, 0.25) is 0 Å². The smallest absolute Gasteiger partial charge is 0.237 e. The van der Waals surface area contributed by atoms with Gasteiger partial charge in [-0.3, -0.25) is 4.79 Å². The number of carbonyl (C=O) groups excluding carboxylic acids is 1. The summed E-state index contributed by atoms with van der Waals surface area (Å²) in [6.45, 7) is 3.75. The third kappa shape index (κ3) is 3.97. The highest BCUT2D eigenvalue weighted by atomic mass is 16.2. The van der Waals surface area contributed by atoms with Crippen molar-refractivity contribution in [3.05, 3.63) is 29.8 Å². The highest BCUT2D eigenvalue weighted by Gasteiger charge is 2.23. The zero-order valence-electron chi connectivity index (χ0n) is 12.6. The fourth-order valence-electron chi connectivity index (χ4n) is 2.53. The molecule has 0 saturated carbocycles. The summed E-state index contributed by atoms with van der Waals surface area (Å²) in [5.41, 5.74) is 2.30. The molecule has 1 aliphatic heterocycles. The number of hydrogen-bond donors (Lipinski definition) is 2. The van der Waals surface area contributed by atoms with E-state index in [2.05, 4.69) is 46.7 Å². The summed E-state index contributed by atoms with van der Waals surface area (Å²) in [6.07, 6.45) is 2.10. The number of carbonyl (C=O) groups is 1. The van der Waals surface area contributed by atoms with Crippen LogP contribution in [0.4, 0.5) is 5.69 Å². The SMILES string of the molecule is CC1CCNC(C(=O)NCc2ccc(N(C)C)cc2)C1. The minimum absolute atomic E-state index is 0.0280. The predicted molar refractivity (Wildman–Crippen MR) is 82.8 cm³/mol. The van der Waals surface area contributed by atoms with E-state index in [9.17, 15) is 4.79 Å². The third-order valence-electron chi connectivity index (χ3n) is 3.90. The Labute approximate surface area is 121 Å². The summed E-state index contributed by atoms with van der Waals surface area (Å²) in [7, 11) is 4.04. The van der Waals surface area contributed by atoms with Crippen molar-refractivity contribution < 1.29 is 4.79 Å². The number of piperidine rings is 1. The fourth-order valence-corrected chi connectivity index (χ4v) is 2.53. The lowest BCUT2D eigenvalue weighted by Gasteiger charge is -2.27. The number of hydrogen-bond acceptors (Lipinski definition) is 3. The largest absolute Gasteiger partial charge is 0.378 e. The first kappa shape index (κ1) is 14.9. The maximum absolute atomic E-state index is 12.1. The topological polar surface area (TPSA) is 44.4 Å². The summed E-state index contributed by atoms with van der Waals surface area (Å²) >= 11 is 0. The molecule has 4 nitrogen and oxygen atoms in total. The number of benzene rings is 1. The molecule has 0 bridgehead atoms. The first-order valence-electron chi connectivity index (χ1n) is 7.33. The maximum atomic E-state index is 12.1. The van der Waals surface area contributed by atoms with Crippen LogP contribution < -0.4 is 15.5 Å². The molecular weight excluding hydrogens is 250 g/mol. The van der Waals surface area contributed by atoms with Gasteiger partial charge in [-0.1, -0.05) is 19.1 Å². The molecule has 20 heavy (non-hydrogen) atoms. The van der Waals surface area contributed by atoms with Crippen molar-refractivity contribution in [2.24, 2.45) is 5.92 Å². The Morgan fingerprint density at radius 1 is 1.35 bits per heavy atom. The van der Waals surface area contributed by atoms with Crippen LogP contribution in [0.15, 0.2) is 24.3 Å². The Morgan fingerprint density at radius 3 is 2.65 bits per heavy atom. The molecule has 1 aromatic rings. The van der Waals surface area contributed by atoms with E-state index in [1.54, 1.807) is 0 Å². The van der Waals surface area contributed by atoms with Crippen LogP contribution in [0.5, 0.6) is 0 Å². The molecule has 2 N–H and O–H groups in total. The number of rotatable bonds is 4. The Balaban J connectivity index is 1.83. The molecule has 0 radical (unpaired) electrons. The molecule has 0 aliphatic carbocycles. The van der Waals surface area contributed by atoms with Crippen LogP contribution in [-0.2, 0) is 11.3 Å². The summed E-state index contributed by atoms with van der Waals surface area (Å²) in [4.78, 5) is 14.2. The van der Waals surface area contributed by atoms with Crippen LogP contribution in [0, 0.1) is 5.92 Å². The average molecular weight is 275 g/mol. The van der Waals surface area contributed by atoms with Gasteiger partial charge in [-0.2, -0.15) is 0 Å². The highest BCUT2D eigenvalue weighted by molar-refractivity contribution is 5.81. The van der Waals surface area contributed by atoms with Gasteiger partial charge in [0.05, 0.1) is 6.04 Å². The summed E-state index contributed by atoms with van der Waals surface area (Å²) < 4.78 is 0. The molecule has 0 spiro atoms. The summed E-state index contributed by atoms with van der Waals surface area (Å²) in [5.74, 6) is 0.750. The molecule has 0 aromatic heterocycles. The quantitative estimate of drug-likeness (QED) is 0.880. The van der Waals surface area contributed by atoms with E-state index in [0.29, 0.717) is 12.5 Å². The van der Waals surface area contributed by atoms with Gasteiger partial charge in [0.25, 0.3) is 0 Å². The predicted octanol–water partition coefficient (Wildman–Crippen LogP) is 1.76. The van der Waals surface area contributed by atoms with Crippen LogP contribution in [0.1, 0.15) is 25.3 Å². The molecule has 2 atom stereocenters. The number of anilines is 1. The van der Waals surface area contributed by atoms with E-state index in [4.69, 9.17) is 0 Å². The molecule has 1 saturated heterocycles. The molecule has 1 amide bonds. The van der Waals surface area contributed by atoms with Crippen LogP contribution in [0.3, 0.4) is 0 Å². The first-order valence-corrected chi connectivity index (χ1v) is 7.33. The van der Waals surface area contributed by atoms with Crippen molar-refractivity contribution in [1.29, 1.82) is 0 Å². The standard InChI is InChI=1S/C16H25N3O/c1-12-8-9-17-15(10-12)16(20)18-11-13-4-6-14(7-5-13)19(2)3/h4-7,12,15,17H,8-11H2,1-3H3,(H,18,20). The first-order chi connectivity index (χ1) is 9.56. The minimum atomic E-state index is -0.0280. The van der Waals surface area contributed by atoms with Gasteiger partial charge in [0, 0.05) is 26.3 Å². The molecule has 1 aromatic carbocycles. The van der Waals surface area contributed by atoms with E-state index in [-0.39, 0.29) is 11.9 Å². The van der Waals surface area contributed by atoms with Crippen molar-refractivity contribution in [3.8, 4) is 0 Å². The van der Waals surface area contributed by atoms with Crippen LogP contribution in [0.25, 0.3) is 0 Å². The molecule has 1 heterocycles. The van der Waals surface area contributed by atoms with Gasteiger partial charge in [-0.25, -0.2) is 0 Å². The molecule has 2 unspecified atom stereocenters. The summed E-state index contributed by atoms with van der Waals surface area (Å²) in [6, 6.07) is 8.24. The van der Waals surface area contributed by atoms with Crippen molar-refractivity contribution >= 4 is 11.6 Å². The van der Waals surface area contributed by atoms with Gasteiger partial charge in [-0.05, 0) is 43.0 Å². The second-order valence-corrected chi connectivity index (χ2v) is 5.91. The Kier molecular flexibility index (Phi) is 5.01. The van der Waals surface area contributed by atoms with E-state index < -0.39 is 0 Å². The maximum Gasteiger partial charge on any atom is 0.237 e. The van der Waals surface area contributed by atoms with Crippen LogP contribution >= 0.6 is 0 Å². The highest BCUT2D eigenvalue weighted by Crippen LogP contribution is 2.15. The van der Waals surface area contributed by atoms with Gasteiger partial charge in [0.2, 0.25) is 5.91 Å². The Morgan fingerprint density at radius 2 is 2.05 bits per heavy atom. The average Bonchev–Trinajstić information content (AvgIpc) is 2.45. The van der Waals surface area contributed by atoms with E-state index in [1.165, 1.54) is 5.69 Å². The normalized spacial score (nSPS) is 22.4. The lowest BCUT2D eigenvalue weighted by atomic mass is 9.94. The lowest BCUT2D eigenvalue weighted by molar-refractivity contribution is -0.124. The molecule has 110 valence electrons. The van der Waals surface area contributed by atoms with Gasteiger partial charge >= 0.3 is 0 Å². The number of nitrogens with zero attached hydrogens (tertiary/aromatic N) is 1. The van der Waals surface area contributed by atoms with Gasteiger partial charge in [0.15, 0.2) is 0 Å². The molecule has 2 rings (SSSR count). The zero-order valence-corrected chi connectivity index (χ0v) is 12.6. The van der Waals surface area contributed by atoms with Crippen molar-refractivity contribution in [2.45, 2.75) is 32.4 Å². The van der Waals surface area contributed by atoms with E-state index in [1.807, 2.05) is 14.1 Å². The Hall–Kier alpha value is -1.55. The molecule has 1 fully saturated rings. The Bertz CT molecular complexity index is 442. The molecule has 1 aliphatic rings. The van der Waals surface area contributed by atoms with Gasteiger partial charge in [-0.15, -0.1) is 0 Å². The van der Waals surface area contributed by atoms with E-state index in [0.717, 1.165) is 24.9 Å². The van der Waals surface area contributed by atoms with Crippen molar-refractivity contribution in [3.63, 3.8) is 0 Å². The van der Waals surface area contributed by atoms with Crippen molar-refractivity contribution in [1.82, 2.24) is 10.6 Å². The molecular formula is C16H25N3O.